The van der Waals surface area contributed by atoms with E-state index in [-0.39, 0.29) is 11.9 Å². The summed E-state index contributed by atoms with van der Waals surface area (Å²) in [6.45, 7) is 0. The zero-order chi connectivity index (χ0) is 16.9. The van der Waals surface area contributed by atoms with Crippen LogP contribution in [-0.4, -0.2) is 17.6 Å². The molecule has 24 heavy (non-hydrogen) atoms. The van der Waals surface area contributed by atoms with Gasteiger partial charge >= 0.3 is 5.97 Å². The van der Waals surface area contributed by atoms with Crippen molar-refractivity contribution in [3.63, 3.8) is 0 Å². The van der Waals surface area contributed by atoms with Gasteiger partial charge in [-0.2, -0.15) is 0 Å². The van der Waals surface area contributed by atoms with Crippen molar-refractivity contribution < 1.29 is 9.53 Å². The minimum atomic E-state index is -0.410. The molecule has 1 aliphatic heterocycles. The number of carbonyl (C=O) groups excluding carboxylic acids is 1. The van der Waals surface area contributed by atoms with Gasteiger partial charge in [0, 0.05) is 17.7 Å². The summed E-state index contributed by atoms with van der Waals surface area (Å²) in [5.74, 6) is -0.606. The fraction of sp³-hybridized carbons (Fsp3) is 0.105. The van der Waals surface area contributed by atoms with Crippen molar-refractivity contribution in [2.45, 2.75) is 12.5 Å². The predicted octanol–water partition coefficient (Wildman–Crippen LogP) is 3.34. The van der Waals surface area contributed by atoms with Crippen LogP contribution >= 0.6 is 0 Å². The molecule has 3 rings (SSSR count). The van der Waals surface area contributed by atoms with Crippen LogP contribution in [0.4, 0.5) is 0 Å². The van der Waals surface area contributed by atoms with Crippen LogP contribution in [0, 0.1) is 5.41 Å². The number of guanidine groups is 1. The van der Waals surface area contributed by atoms with Crippen LogP contribution in [0.2, 0.25) is 0 Å². The number of hydrogen-bond acceptors (Lipinski definition) is 3. The number of aliphatic imine (C=N–C) groups is 1. The predicted molar refractivity (Wildman–Crippen MR) is 94.0 cm³/mol. The Morgan fingerprint density at radius 1 is 1.17 bits per heavy atom. The number of carbonyl (C=O) groups is 1. The minimum Gasteiger partial charge on any atom is -0.453 e. The highest BCUT2D eigenvalue weighted by atomic mass is 16.5. The van der Waals surface area contributed by atoms with Gasteiger partial charge in [0.05, 0.1) is 5.56 Å². The van der Waals surface area contributed by atoms with Gasteiger partial charge in [-0.3, -0.25) is 5.41 Å². The number of esters is 1. The Labute approximate surface area is 140 Å². The first kappa shape index (κ1) is 15.7. The molecule has 1 heterocycles. The molecule has 2 aromatic carbocycles. The zero-order valence-electron chi connectivity index (χ0n) is 13.0. The third kappa shape index (κ3) is 3.57. The molecule has 0 aliphatic carbocycles. The molecule has 3 N–H and O–H groups in total. The number of nitrogens with one attached hydrogen (secondary N) is 1. The molecule has 5 heteroatoms. The van der Waals surface area contributed by atoms with Crippen molar-refractivity contribution in [1.82, 2.24) is 0 Å². The first-order valence-electron chi connectivity index (χ1n) is 7.58. The van der Waals surface area contributed by atoms with Crippen LogP contribution < -0.4 is 5.73 Å². The summed E-state index contributed by atoms with van der Waals surface area (Å²) in [6.07, 6.45) is 3.65. The summed E-state index contributed by atoms with van der Waals surface area (Å²) in [4.78, 5) is 16.0. The SMILES string of the molecule is N=C(N)/N=C(\C=Cc1ccccc1)CC1OC(=O)c2ccccc21. The maximum absolute atomic E-state index is 11.9. The first-order chi connectivity index (χ1) is 11.6. The van der Waals surface area contributed by atoms with E-state index in [9.17, 15) is 4.79 Å². The summed E-state index contributed by atoms with van der Waals surface area (Å²) in [5, 5.41) is 7.42. The van der Waals surface area contributed by atoms with Crippen LogP contribution in [0.1, 0.15) is 34.0 Å². The molecule has 1 aliphatic rings. The van der Waals surface area contributed by atoms with Crippen molar-refractivity contribution in [2.24, 2.45) is 10.7 Å². The average molecular weight is 319 g/mol. The van der Waals surface area contributed by atoms with Gasteiger partial charge in [-0.25, -0.2) is 9.79 Å². The maximum Gasteiger partial charge on any atom is 0.339 e. The number of hydrogen-bond donors (Lipinski definition) is 2. The van der Waals surface area contributed by atoms with E-state index in [0.29, 0.717) is 17.7 Å². The maximum atomic E-state index is 11.9. The number of benzene rings is 2. The number of cyclic esters (lactones) is 1. The Hall–Kier alpha value is -3.21. The number of allylic oxidation sites excluding steroid dienone is 1. The highest BCUT2D eigenvalue weighted by Crippen LogP contribution is 2.33. The molecule has 0 radical (unpaired) electrons. The van der Waals surface area contributed by atoms with Gasteiger partial charge in [0.2, 0.25) is 5.96 Å². The highest BCUT2D eigenvalue weighted by molar-refractivity contribution is 6.05. The summed E-state index contributed by atoms with van der Waals surface area (Å²) < 4.78 is 5.43. The fourth-order valence-corrected chi connectivity index (χ4v) is 2.62. The minimum absolute atomic E-state index is 0.277. The Kier molecular flexibility index (Phi) is 4.52. The van der Waals surface area contributed by atoms with Crippen molar-refractivity contribution in [2.75, 3.05) is 0 Å². The molecule has 2 aromatic rings. The Morgan fingerprint density at radius 3 is 2.62 bits per heavy atom. The van der Waals surface area contributed by atoms with Crippen LogP contribution in [-0.2, 0) is 4.74 Å². The number of nitrogens with zero attached hydrogens (tertiary/aromatic N) is 1. The van der Waals surface area contributed by atoms with E-state index in [0.717, 1.165) is 11.1 Å². The van der Waals surface area contributed by atoms with E-state index in [4.69, 9.17) is 15.9 Å². The van der Waals surface area contributed by atoms with E-state index in [1.54, 1.807) is 12.1 Å². The van der Waals surface area contributed by atoms with Gasteiger partial charge < -0.3 is 10.5 Å². The number of nitrogens with two attached hydrogens (primary N) is 1. The molecule has 0 saturated heterocycles. The molecule has 0 spiro atoms. The number of fused-ring (bicyclic) bond motifs is 1. The second-order valence-corrected chi connectivity index (χ2v) is 5.42. The lowest BCUT2D eigenvalue weighted by molar-refractivity contribution is 0.0401. The normalized spacial score (nSPS) is 16.9. The molecule has 0 saturated carbocycles. The molecule has 1 atom stereocenters. The summed E-state index contributed by atoms with van der Waals surface area (Å²) in [6, 6.07) is 17.1. The second-order valence-electron chi connectivity index (χ2n) is 5.42. The molecular weight excluding hydrogens is 302 g/mol. The average Bonchev–Trinajstić information content (AvgIpc) is 2.90. The quantitative estimate of drug-likeness (QED) is 0.514. The number of rotatable bonds is 4. The smallest absolute Gasteiger partial charge is 0.339 e. The summed E-state index contributed by atoms with van der Waals surface area (Å²) >= 11 is 0. The topological polar surface area (TPSA) is 88.5 Å². The first-order valence-corrected chi connectivity index (χ1v) is 7.58. The number of ether oxygens (including phenoxy) is 1. The zero-order valence-corrected chi connectivity index (χ0v) is 13.0. The van der Waals surface area contributed by atoms with Crippen LogP contribution in [0.25, 0.3) is 6.08 Å². The highest BCUT2D eigenvalue weighted by Gasteiger charge is 2.31. The third-order valence-corrected chi connectivity index (χ3v) is 3.70. The van der Waals surface area contributed by atoms with E-state index >= 15 is 0 Å². The molecule has 0 amide bonds. The van der Waals surface area contributed by atoms with Gasteiger partial charge in [0.25, 0.3) is 0 Å². The lowest BCUT2D eigenvalue weighted by Gasteiger charge is -2.10. The van der Waals surface area contributed by atoms with E-state index < -0.39 is 6.10 Å². The Morgan fingerprint density at radius 2 is 1.88 bits per heavy atom. The molecule has 1 unspecified atom stereocenters. The largest absolute Gasteiger partial charge is 0.453 e. The van der Waals surface area contributed by atoms with E-state index in [1.165, 1.54) is 0 Å². The van der Waals surface area contributed by atoms with Crippen LogP contribution in [0.5, 0.6) is 0 Å². The standard InChI is InChI=1S/C19H17N3O2/c20-19(21)22-14(11-10-13-6-2-1-3-7-13)12-17-15-8-4-5-9-16(15)18(23)24-17/h1-11,17H,12H2,(H3,20,21)/b11-10?,22-14+. The Balaban J connectivity index is 1.83. The van der Waals surface area contributed by atoms with Crippen molar-refractivity contribution in [3.05, 3.63) is 77.4 Å². The van der Waals surface area contributed by atoms with Crippen molar-refractivity contribution in [1.29, 1.82) is 5.41 Å². The monoisotopic (exact) mass is 319 g/mol. The molecule has 0 aromatic heterocycles. The lowest BCUT2D eigenvalue weighted by Crippen LogP contribution is -2.12. The van der Waals surface area contributed by atoms with E-state index in [2.05, 4.69) is 4.99 Å². The van der Waals surface area contributed by atoms with Gasteiger partial charge in [0.1, 0.15) is 6.10 Å². The lowest BCUT2D eigenvalue weighted by atomic mass is 10.0. The third-order valence-electron chi connectivity index (χ3n) is 3.70. The van der Waals surface area contributed by atoms with Gasteiger partial charge in [-0.15, -0.1) is 0 Å². The van der Waals surface area contributed by atoms with Crippen molar-refractivity contribution in [3.8, 4) is 0 Å². The van der Waals surface area contributed by atoms with Crippen molar-refractivity contribution >= 4 is 23.7 Å². The van der Waals surface area contributed by atoms with Gasteiger partial charge in [-0.05, 0) is 17.7 Å². The van der Waals surface area contributed by atoms with Gasteiger partial charge in [-0.1, -0.05) is 54.6 Å². The summed E-state index contributed by atoms with van der Waals surface area (Å²) in [5.41, 5.74) is 8.43. The molecule has 120 valence electrons. The molecular formula is C19H17N3O2. The second kappa shape index (κ2) is 6.91. The fourth-order valence-electron chi connectivity index (χ4n) is 2.62. The molecule has 0 bridgehead atoms. The Bertz CT molecular complexity index is 826. The van der Waals surface area contributed by atoms with E-state index in [1.807, 2.05) is 54.6 Å². The van der Waals surface area contributed by atoms with Crippen LogP contribution in [0.15, 0.2) is 65.7 Å². The van der Waals surface area contributed by atoms with Crippen LogP contribution in [0.3, 0.4) is 0 Å². The van der Waals surface area contributed by atoms with Gasteiger partial charge in [0.15, 0.2) is 0 Å². The molecule has 5 nitrogen and oxygen atoms in total. The molecule has 0 fully saturated rings. The summed E-state index contributed by atoms with van der Waals surface area (Å²) in [7, 11) is 0.